The fraction of sp³-hybridized carbons (Fsp3) is 0.526. The van der Waals surface area contributed by atoms with Gasteiger partial charge in [0.25, 0.3) is 0 Å². The molecule has 0 saturated carbocycles. The van der Waals surface area contributed by atoms with Crippen LogP contribution in [0.15, 0.2) is 23.8 Å². The average Bonchev–Trinajstić information content (AvgIpc) is 2.34. The van der Waals surface area contributed by atoms with Gasteiger partial charge in [0, 0.05) is 5.57 Å². The van der Waals surface area contributed by atoms with Crippen molar-refractivity contribution in [2.24, 2.45) is 0 Å². The first-order valence-electron chi connectivity index (χ1n) is 7.42. The van der Waals surface area contributed by atoms with Crippen LogP contribution in [0.3, 0.4) is 0 Å². The zero-order valence-electron chi connectivity index (χ0n) is 14.6. The number of hydrogen-bond acceptors (Lipinski definition) is 1. The Kier molecular flexibility index (Phi) is 4.72. The average molecular weight is 288 g/mol. The molecule has 0 bridgehead atoms. The predicted molar refractivity (Wildman–Crippen MR) is 89.7 cm³/mol. The Morgan fingerprint density at radius 2 is 1.38 bits per heavy atom. The number of aliphatic carboxylic acids is 1. The van der Waals surface area contributed by atoms with Gasteiger partial charge in [0.2, 0.25) is 0 Å². The number of allylic oxidation sites excluding steroid dienone is 1. The highest BCUT2D eigenvalue weighted by atomic mass is 16.4. The van der Waals surface area contributed by atoms with Gasteiger partial charge in [0.1, 0.15) is 0 Å². The maximum Gasteiger partial charge on any atom is 0.331 e. The lowest BCUT2D eigenvalue weighted by atomic mass is 9.74. The number of carbonyl (C=O) groups is 1. The van der Waals surface area contributed by atoms with E-state index in [0.29, 0.717) is 5.57 Å². The highest BCUT2D eigenvalue weighted by Gasteiger charge is 2.25. The normalized spacial score (nSPS) is 13.9. The van der Waals surface area contributed by atoms with Crippen LogP contribution in [0.25, 0.3) is 5.57 Å². The van der Waals surface area contributed by atoms with Gasteiger partial charge in [-0.25, -0.2) is 4.79 Å². The summed E-state index contributed by atoms with van der Waals surface area (Å²) in [5.41, 5.74) is 4.92. The lowest BCUT2D eigenvalue weighted by Gasteiger charge is -2.30. The summed E-state index contributed by atoms with van der Waals surface area (Å²) in [6, 6.07) is 6.34. The highest BCUT2D eigenvalue weighted by Crippen LogP contribution is 2.36. The molecule has 0 fully saturated rings. The fourth-order valence-electron chi connectivity index (χ4n) is 2.43. The van der Waals surface area contributed by atoms with E-state index in [4.69, 9.17) is 5.11 Å². The molecule has 0 unspecified atom stereocenters. The summed E-state index contributed by atoms with van der Waals surface area (Å²) in [6.45, 7) is 16.8. The SMILES string of the molecule is CC(C(=O)O)=C(C)c1ccc(C(C)(C)C)c(C(C)(C)C)c1. The van der Waals surface area contributed by atoms with E-state index in [1.54, 1.807) is 6.92 Å². The first-order valence-corrected chi connectivity index (χ1v) is 7.42. The summed E-state index contributed by atoms with van der Waals surface area (Å²) in [7, 11) is 0. The van der Waals surface area contributed by atoms with Gasteiger partial charge in [-0.3, -0.25) is 0 Å². The third-order valence-electron chi connectivity index (χ3n) is 3.95. The molecule has 0 atom stereocenters. The summed E-state index contributed by atoms with van der Waals surface area (Å²) < 4.78 is 0. The van der Waals surface area contributed by atoms with Crippen LogP contribution in [0.2, 0.25) is 0 Å². The minimum Gasteiger partial charge on any atom is -0.478 e. The zero-order valence-corrected chi connectivity index (χ0v) is 14.6. The standard InChI is InChI=1S/C19H28O2/c1-12(13(2)17(20)21)14-9-10-15(18(3,4)5)16(11-14)19(6,7)8/h9-11H,1-8H3,(H,20,21). The Bertz CT molecular complexity index is 579. The fourth-order valence-corrected chi connectivity index (χ4v) is 2.43. The summed E-state index contributed by atoms with van der Waals surface area (Å²) in [6.07, 6.45) is 0. The van der Waals surface area contributed by atoms with Crippen molar-refractivity contribution < 1.29 is 9.90 Å². The quantitative estimate of drug-likeness (QED) is 0.763. The molecule has 0 radical (unpaired) electrons. The van der Waals surface area contributed by atoms with E-state index in [0.717, 1.165) is 11.1 Å². The van der Waals surface area contributed by atoms with Crippen molar-refractivity contribution in [3.63, 3.8) is 0 Å². The maximum absolute atomic E-state index is 11.2. The van der Waals surface area contributed by atoms with Gasteiger partial charge in [-0.15, -0.1) is 0 Å². The molecule has 0 heterocycles. The molecule has 0 aliphatic carbocycles. The van der Waals surface area contributed by atoms with Crippen LogP contribution in [0.5, 0.6) is 0 Å². The van der Waals surface area contributed by atoms with E-state index < -0.39 is 5.97 Å². The van der Waals surface area contributed by atoms with Crippen molar-refractivity contribution in [2.75, 3.05) is 0 Å². The van der Waals surface area contributed by atoms with Crippen LogP contribution < -0.4 is 0 Å². The van der Waals surface area contributed by atoms with Gasteiger partial charge in [-0.05, 0) is 46.9 Å². The van der Waals surface area contributed by atoms with Crippen LogP contribution in [-0.4, -0.2) is 11.1 Å². The van der Waals surface area contributed by atoms with Gasteiger partial charge in [-0.1, -0.05) is 59.7 Å². The molecule has 1 aromatic carbocycles. The molecule has 2 nitrogen and oxygen atoms in total. The molecule has 0 aliphatic heterocycles. The first kappa shape index (κ1) is 17.5. The lowest BCUT2D eigenvalue weighted by molar-refractivity contribution is -0.132. The summed E-state index contributed by atoms with van der Waals surface area (Å²) in [5, 5.41) is 9.17. The minimum atomic E-state index is -0.857. The second kappa shape index (κ2) is 5.67. The van der Waals surface area contributed by atoms with Gasteiger partial charge < -0.3 is 5.11 Å². The van der Waals surface area contributed by atoms with Gasteiger partial charge in [-0.2, -0.15) is 0 Å². The summed E-state index contributed by atoms with van der Waals surface area (Å²) in [5.74, 6) is -0.857. The number of benzene rings is 1. The van der Waals surface area contributed by atoms with Crippen molar-refractivity contribution in [2.45, 2.75) is 66.2 Å². The molecule has 0 aliphatic rings. The molecule has 2 heteroatoms. The number of hydrogen-bond donors (Lipinski definition) is 1. The zero-order chi connectivity index (χ0) is 16.6. The molecule has 0 saturated heterocycles. The Balaban J connectivity index is 3.57. The van der Waals surface area contributed by atoms with E-state index in [9.17, 15) is 4.79 Å². The van der Waals surface area contributed by atoms with Crippen molar-refractivity contribution in [1.29, 1.82) is 0 Å². The maximum atomic E-state index is 11.2. The molecule has 1 rings (SSSR count). The van der Waals surface area contributed by atoms with Gasteiger partial charge in [0.05, 0.1) is 0 Å². The molecule has 116 valence electrons. The molecule has 1 N–H and O–H groups in total. The van der Waals surface area contributed by atoms with E-state index in [1.807, 2.05) is 13.0 Å². The first-order chi connectivity index (χ1) is 9.35. The molecule has 0 spiro atoms. The molecule has 0 amide bonds. The Hall–Kier alpha value is -1.57. The molecule has 21 heavy (non-hydrogen) atoms. The van der Waals surface area contributed by atoms with Crippen LogP contribution in [0, 0.1) is 0 Å². The number of carboxylic acids is 1. The smallest absolute Gasteiger partial charge is 0.331 e. The molecular weight excluding hydrogens is 260 g/mol. The van der Waals surface area contributed by atoms with Crippen molar-refractivity contribution in [1.82, 2.24) is 0 Å². The Morgan fingerprint density at radius 3 is 1.76 bits per heavy atom. The van der Waals surface area contributed by atoms with Crippen LogP contribution in [-0.2, 0) is 15.6 Å². The third kappa shape index (κ3) is 3.96. The molecular formula is C19H28O2. The summed E-state index contributed by atoms with van der Waals surface area (Å²) >= 11 is 0. The highest BCUT2D eigenvalue weighted by molar-refractivity contribution is 5.95. The van der Waals surface area contributed by atoms with Gasteiger partial charge >= 0.3 is 5.97 Å². The minimum absolute atomic E-state index is 0.0238. The van der Waals surface area contributed by atoms with Crippen molar-refractivity contribution >= 4 is 11.5 Å². The topological polar surface area (TPSA) is 37.3 Å². The number of rotatable bonds is 2. The molecule has 0 aromatic heterocycles. The van der Waals surface area contributed by atoms with E-state index >= 15 is 0 Å². The van der Waals surface area contributed by atoms with Crippen LogP contribution in [0.4, 0.5) is 0 Å². The van der Waals surface area contributed by atoms with Crippen LogP contribution in [0.1, 0.15) is 72.1 Å². The largest absolute Gasteiger partial charge is 0.478 e. The van der Waals surface area contributed by atoms with E-state index in [-0.39, 0.29) is 10.8 Å². The van der Waals surface area contributed by atoms with Crippen LogP contribution >= 0.6 is 0 Å². The summed E-state index contributed by atoms with van der Waals surface area (Å²) in [4.78, 5) is 11.2. The Labute approximate surface area is 128 Å². The van der Waals surface area contributed by atoms with Crippen molar-refractivity contribution in [3.05, 3.63) is 40.5 Å². The second-order valence-corrected chi connectivity index (χ2v) is 7.82. The van der Waals surface area contributed by atoms with Crippen molar-refractivity contribution in [3.8, 4) is 0 Å². The third-order valence-corrected chi connectivity index (χ3v) is 3.95. The van der Waals surface area contributed by atoms with E-state index in [2.05, 4.69) is 53.7 Å². The second-order valence-electron chi connectivity index (χ2n) is 7.82. The monoisotopic (exact) mass is 288 g/mol. The molecule has 1 aromatic rings. The van der Waals surface area contributed by atoms with E-state index in [1.165, 1.54) is 11.1 Å². The van der Waals surface area contributed by atoms with Gasteiger partial charge in [0.15, 0.2) is 0 Å². The predicted octanol–water partition coefficient (Wildman–Crippen LogP) is 5.16. The Morgan fingerprint density at radius 1 is 0.905 bits per heavy atom. The lowest BCUT2D eigenvalue weighted by Crippen LogP contribution is -2.22. The number of carboxylic acid groups (broad SMARTS) is 1.